The Morgan fingerprint density at radius 2 is 1.88 bits per heavy atom. The summed E-state index contributed by atoms with van der Waals surface area (Å²) in [6, 6.07) is 12.8. The second-order valence-electron chi connectivity index (χ2n) is 5.66. The van der Waals surface area contributed by atoms with E-state index >= 15 is 0 Å². The van der Waals surface area contributed by atoms with Gasteiger partial charge < -0.3 is 9.88 Å². The van der Waals surface area contributed by atoms with Crippen molar-refractivity contribution in [2.75, 3.05) is 6.54 Å². The minimum absolute atomic E-state index is 0.0998. The van der Waals surface area contributed by atoms with Crippen LogP contribution in [0.2, 0.25) is 0 Å². The molecule has 0 aliphatic heterocycles. The summed E-state index contributed by atoms with van der Waals surface area (Å²) in [5.74, 6) is -0.162. The van der Waals surface area contributed by atoms with Gasteiger partial charge in [-0.15, -0.1) is 0 Å². The van der Waals surface area contributed by atoms with Crippen LogP contribution in [0.25, 0.3) is 5.69 Å². The predicted molar refractivity (Wildman–Crippen MR) is 96.0 cm³/mol. The van der Waals surface area contributed by atoms with Crippen molar-refractivity contribution in [1.82, 2.24) is 19.4 Å². The molecule has 0 saturated heterocycles. The molecule has 2 aromatic heterocycles. The number of aryl methyl sites for hydroxylation is 1. The molecule has 1 amide bonds. The van der Waals surface area contributed by atoms with Gasteiger partial charge >= 0.3 is 0 Å². The zero-order valence-corrected chi connectivity index (χ0v) is 14.1. The van der Waals surface area contributed by atoms with E-state index in [0.29, 0.717) is 18.7 Å². The molecule has 6 heteroatoms. The molecule has 0 aliphatic carbocycles. The fourth-order valence-electron chi connectivity index (χ4n) is 2.51. The average molecular weight is 336 g/mol. The monoisotopic (exact) mass is 336 g/mol. The maximum absolute atomic E-state index is 12.2. The van der Waals surface area contributed by atoms with E-state index in [1.54, 1.807) is 12.1 Å². The number of nitrogens with one attached hydrogen (secondary N) is 1. The lowest BCUT2D eigenvalue weighted by molar-refractivity contribution is 0.0952. The fourth-order valence-corrected chi connectivity index (χ4v) is 2.51. The third kappa shape index (κ3) is 4.03. The number of carbonyl (C=O) groups is 1. The van der Waals surface area contributed by atoms with E-state index in [1.807, 2.05) is 48.1 Å². The molecule has 0 atom stereocenters. The van der Waals surface area contributed by atoms with Crippen molar-refractivity contribution < 1.29 is 4.79 Å². The van der Waals surface area contributed by atoms with Crippen molar-refractivity contribution in [3.8, 4) is 5.69 Å². The van der Waals surface area contributed by atoms with E-state index in [4.69, 9.17) is 0 Å². The number of hydrogen-bond donors (Lipinski definition) is 1. The van der Waals surface area contributed by atoms with E-state index in [1.165, 1.54) is 17.0 Å². The Morgan fingerprint density at radius 1 is 1.16 bits per heavy atom. The van der Waals surface area contributed by atoms with E-state index in [0.717, 1.165) is 17.8 Å². The molecular weight excluding hydrogens is 316 g/mol. The largest absolute Gasteiger partial charge is 0.350 e. The van der Waals surface area contributed by atoms with Gasteiger partial charge in [0.05, 0.1) is 6.33 Å². The van der Waals surface area contributed by atoms with Crippen molar-refractivity contribution in [3.05, 3.63) is 82.8 Å². The van der Waals surface area contributed by atoms with Gasteiger partial charge in [0.15, 0.2) is 0 Å². The summed E-state index contributed by atoms with van der Waals surface area (Å²) < 4.78 is 3.47. The third-order valence-electron chi connectivity index (χ3n) is 3.97. The molecule has 0 unspecified atom stereocenters. The minimum Gasteiger partial charge on any atom is -0.350 e. The zero-order valence-electron chi connectivity index (χ0n) is 14.1. The van der Waals surface area contributed by atoms with E-state index in [9.17, 15) is 9.59 Å². The normalized spacial score (nSPS) is 10.6. The predicted octanol–water partition coefficient (Wildman–Crippen LogP) is 2.03. The number of rotatable bonds is 6. The zero-order chi connectivity index (χ0) is 17.6. The van der Waals surface area contributed by atoms with Gasteiger partial charge in [-0.1, -0.05) is 6.92 Å². The van der Waals surface area contributed by atoms with Crippen LogP contribution in [0.1, 0.15) is 23.0 Å². The molecule has 0 aliphatic rings. The summed E-state index contributed by atoms with van der Waals surface area (Å²) in [5.41, 5.74) is 2.25. The Hall–Kier alpha value is -3.15. The Bertz CT molecular complexity index is 896. The molecule has 0 spiro atoms. The molecule has 0 bridgehead atoms. The van der Waals surface area contributed by atoms with Gasteiger partial charge in [0, 0.05) is 48.5 Å². The van der Waals surface area contributed by atoms with Gasteiger partial charge in [0.2, 0.25) is 0 Å². The van der Waals surface area contributed by atoms with Crippen molar-refractivity contribution >= 4 is 5.91 Å². The van der Waals surface area contributed by atoms with Gasteiger partial charge in [-0.3, -0.25) is 14.2 Å². The van der Waals surface area contributed by atoms with Crippen molar-refractivity contribution in [3.63, 3.8) is 0 Å². The summed E-state index contributed by atoms with van der Waals surface area (Å²) >= 11 is 0. The lowest BCUT2D eigenvalue weighted by Crippen LogP contribution is -2.31. The molecule has 0 fully saturated rings. The summed E-state index contributed by atoms with van der Waals surface area (Å²) in [7, 11) is 0. The topological polar surface area (TPSA) is 68.9 Å². The second kappa shape index (κ2) is 7.61. The van der Waals surface area contributed by atoms with E-state index in [2.05, 4.69) is 10.3 Å². The van der Waals surface area contributed by atoms with Crippen LogP contribution in [0.15, 0.2) is 66.0 Å². The third-order valence-corrected chi connectivity index (χ3v) is 3.97. The molecule has 6 nitrogen and oxygen atoms in total. The van der Waals surface area contributed by atoms with Crippen LogP contribution >= 0.6 is 0 Å². The standard InChI is InChI=1S/C19H20N4O2/c1-2-16-13-18(24)23(14-21-16)12-9-20-19(25)15-5-7-17(8-6-15)22-10-3-4-11-22/h3-8,10-11,13-14H,2,9,12H2,1H3,(H,20,25). The summed E-state index contributed by atoms with van der Waals surface area (Å²) in [6.07, 6.45) is 6.15. The first-order chi connectivity index (χ1) is 12.2. The van der Waals surface area contributed by atoms with Crippen molar-refractivity contribution in [1.29, 1.82) is 0 Å². The Labute approximate surface area is 145 Å². The number of aromatic nitrogens is 3. The first-order valence-corrected chi connectivity index (χ1v) is 8.24. The van der Waals surface area contributed by atoms with Crippen LogP contribution in [-0.2, 0) is 13.0 Å². The lowest BCUT2D eigenvalue weighted by atomic mass is 10.2. The highest BCUT2D eigenvalue weighted by Gasteiger charge is 2.06. The van der Waals surface area contributed by atoms with Gasteiger partial charge in [-0.2, -0.15) is 0 Å². The molecule has 2 heterocycles. The molecule has 1 aromatic carbocycles. The van der Waals surface area contributed by atoms with Crippen LogP contribution < -0.4 is 10.9 Å². The molecule has 0 radical (unpaired) electrons. The van der Waals surface area contributed by atoms with Gasteiger partial charge in [0.25, 0.3) is 11.5 Å². The van der Waals surface area contributed by atoms with Gasteiger partial charge in [-0.05, 0) is 42.8 Å². The molecule has 3 rings (SSSR count). The lowest BCUT2D eigenvalue weighted by Gasteiger charge is -2.08. The molecule has 128 valence electrons. The Balaban J connectivity index is 1.57. The number of carbonyl (C=O) groups excluding carboxylic acids is 1. The molecule has 0 saturated carbocycles. The fraction of sp³-hybridized carbons (Fsp3) is 0.211. The smallest absolute Gasteiger partial charge is 0.253 e. The first-order valence-electron chi connectivity index (χ1n) is 8.24. The summed E-state index contributed by atoms with van der Waals surface area (Å²) in [6.45, 7) is 2.71. The van der Waals surface area contributed by atoms with Crippen LogP contribution in [0.5, 0.6) is 0 Å². The quantitative estimate of drug-likeness (QED) is 0.749. The minimum atomic E-state index is -0.162. The second-order valence-corrected chi connectivity index (χ2v) is 5.66. The summed E-state index contributed by atoms with van der Waals surface area (Å²) in [4.78, 5) is 28.3. The van der Waals surface area contributed by atoms with Crippen LogP contribution in [0.4, 0.5) is 0 Å². The number of benzene rings is 1. The molecule has 1 N–H and O–H groups in total. The first kappa shape index (κ1) is 16.7. The Kier molecular flexibility index (Phi) is 5.09. The van der Waals surface area contributed by atoms with Gasteiger partial charge in [0.1, 0.15) is 0 Å². The number of amides is 1. The average Bonchev–Trinajstić information content (AvgIpc) is 3.17. The SMILES string of the molecule is CCc1cc(=O)n(CCNC(=O)c2ccc(-n3cccc3)cc2)cn1. The highest BCUT2D eigenvalue weighted by atomic mass is 16.1. The highest BCUT2D eigenvalue weighted by Crippen LogP contribution is 2.09. The van der Waals surface area contributed by atoms with Crippen molar-refractivity contribution in [2.24, 2.45) is 0 Å². The maximum Gasteiger partial charge on any atom is 0.253 e. The summed E-state index contributed by atoms with van der Waals surface area (Å²) in [5, 5.41) is 2.82. The van der Waals surface area contributed by atoms with Crippen LogP contribution in [0, 0.1) is 0 Å². The van der Waals surface area contributed by atoms with Gasteiger partial charge in [-0.25, -0.2) is 4.98 Å². The van der Waals surface area contributed by atoms with Crippen LogP contribution in [-0.4, -0.2) is 26.6 Å². The highest BCUT2D eigenvalue weighted by molar-refractivity contribution is 5.94. The van der Waals surface area contributed by atoms with E-state index in [-0.39, 0.29) is 11.5 Å². The van der Waals surface area contributed by atoms with E-state index < -0.39 is 0 Å². The number of hydrogen-bond acceptors (Lipinski definition) is 3. The molecular formula is C19H20N4O2. The molecule has 3 aromatic rings. The number of nitrogens with zero attached hydrogens (tertiary/aromatic N) is 3. The van der Waals surface area contributed by atoms with Crippen molar-refractivity contribution in [2.45, 2.75) is 19.9 Å². The maximum atomic E-state index is 12.2. The molecule has 25 heavy (non-hydrogen) atoms. The van der Waals surface area contributed by atoms with Crippen LogP contribution in [0.3, 0.4) is 0 Å². The Morgan fingerprint density at radius 3 is 2.52 bits per heavy atom.